The molecular weight excluding hydrogens is 228 g/mol. The summed E-state index contributed by atoms with van der Waals surface area (Å²) in [6, 6.07) is 0. The van der Waals surface area contributed by atoms with Crippen molar-refractivity contribution in [3.05, 3.63) is 0 Å². The third-order valence-electron chi connectivity index (χ3n) is 3.68. The van der Waals surface area contributed by atoms with Crippen molar-refractivity contribution in [2.24, 2.45) is 11.3 Å². The molecule has 1 saturated heterocycles. The first kappa shape index (κ1) is 15.4. The predicted molar refractivity (Wildman–Crippen MR) is 73.5 cm³/mol. The van der Waals surface area contributed by atoms with Crippen molar-refractivity contribution in [1.82, 2.24) is 10.6 Å². The molecule has 4 heteroatoms. The molecule has 1 amide bonds. The molecule has 1 aliphatic heterocycles. The molecule has 0 spiro atoms. The van der Waals surface area contributed by atoms with Gasteiger partial charge >= 0.3 is 0 Å². The van der Waals surface area contributed by atoms with Gasteiger partial charge in [0.05, 0.1) is 0 Å². The van der Waals surface area contributed by atoms with Crippen LogP contribution in [0.4, 0.5) is 0 Å². The Kier molecular flexibility index (Phi) is 6.65. The number of hydrogen-bond donors (Lipinski definition) is 2. The monoisotopic (exact) mass is 256 g/mol. The van der Waals surface area contributed by atoms with Crippen molar-refractivity contribution in [2.75, 3.05) is 33.4 Å². The Morgan fingerprint density at radius 2 is 2.06 bits per heavy atom. The SMILES string of the molecule is COCCC(C)(C)CNC(=O)CC1CCNCC1. The third kappa shape index (κ3) is 6.36. The second-order valence-corrected chi connectivity index (χ2v) is 6.08. The fraction of sp³-hybridized carbons (Fsp3) is 0.929. The van der Waals surface area contributed by atoms with Crippen LogP contribution in [0.2, 0.25) is 0 Å². The van der Waals surface area contributed by atoms with E-state index in [2.05, 4.69) is 24.5 Å². The first-order chi connectivity index (χ1) is 8.53. The second-order valence-electron chi connectivity index (χ2n) is 6.08. The molecule has 18 heavy (non-hydrogen) atoms. The highest BCUT2D eigenvalue weighted by molar-refractivity contribution is 5.76. The van der Waals surface area contributed by atoms with Crippen molar-refractivity contribution in [2.45, 2.75) is 39.5 Å². The second kappa shape index (κ2) is 7.74. The van der Waals surface area contributed by atoms with Crippen LogP contribution in [0.3, 0.4) is 0 Å². The Bertz CT molecular complexity index is 248. The van der Waals surface area contributed by atoms with Crippen molar-refractivity contribution in [1.29, 1.82) is 0 Å². The molecule has 0 aromatic heterocycles. The van der Waals surface area contributed by atoms with E-state index in [4.69, 9.17) is 4.74 Å². The fourth-order valence-electron chi connectivity index (χ4n) is 2.22. The highest BCUT2D eigenvalue weighted by Crippen LogP contribution is 2.19. The first-order valence-electron chi connectivity index (χ1n) is 7.00. The molecule has 4 nitrogen and oxygen atoms in total. The minimum atomic E-state index is 0.111. The topological polar surface area (TPSA) is 50.4 Å². The van der Waals surface area contributed by atoms with Crippen LogP contribution < -0.4 is 10.6 Å². The van der Waals surface area contributed by atoms with Gasteiger partial charge in [0.2, 0.25) is 5.91 Å². The van der Waals surface area contributed by atoms with Crippen LogP contribution in [-0.4, -0.2) is 39.3 Å². The lowest BCUT2D eigenvalue weighted by molar-refractivity contribution is -0.122. The van der Waals surface area contributed by atoms with E-state index < -0.39 is 0 Å². The van der Waals surface area contributed by atoms with Gasteiger partial charge in [-0.2, -0.15) is 0 Å². The fourth-order valence-corrected chi connectivity index (χ4v) is 2.22. The average Bonchev–Trinajstić information content (AvgIpc) is 2.36. The Labute approximate surface area is 111 Å². The third-order valence-corrected chi connectivity index (χ3v) is 3.68. The number of amides is 1. The van der Waals surface area contributed by atoms with Crippen LogP contribution in [0, 0.1) is 11.3 Å². The minimum absolute atomic E-state index is 0.111. The summed E-state index contributed by atoms with van der Waals surface area (Å²) < 4.78 is 5.09. The van der Waals surface area contributed by atoms with Crippen molar-refractivity contribution in [3.63, 3.8) is 0 Å². The number of methoxy groups -OCH3 is 1. The van der Waals surface area contributed by atoms with E-state index in [1.54, 1.807) is 7.11 Å². The largest absolute Gasteiger partial charge is 0.385 e. The van der Waals surface area contributed by atoms with Gasteiger partial charge in [0.25, 0.3) is 0 Å². The zero-order valence-corrected chi connectivity index (χ0v) is 12.1. The highest BCUT2D eigenvalue weighted by atomic mass is 16.5. The van der Waals surface area contributed by atoms with Crippen molar-refractivity contribution in [3.8, 4) is 0 Å². The summed E-state index contributed by atoms with van der Waals surface area (Å²) in [5, 5.41) is 6.39. The lowest BCUT2D eigenvalue weighted by Gasteiger charge is -2.26. The number of carbonyl (C=O) groups is 1. The Hall–Kier alpha value is -0.610. The molecule has 0 saturated carbocycles. The zero-order chi connectivity index (χ0) is 13.4. The minimum Gasteiger partial charge on any atom is -0.385 e. The summed E-state index contributed by atoms with van der Waals surface area (Å²) >= 11 is 0. The maximum atomic E-state index is 11.9. The molecule has 1 fully saturated rings. The normalized spacial score (nSPS) is 17.7. The van der Waals surface area contributed by atoms with Crippen LogP contribution >= 0.6 is 0 Å². The maximum absolute atomic E-state index is 11.9. The van der Waals surface area contributed by atoms with E-state index in [-0.39, 0.29) is 11.3 Å². The molecule has 1 heterocycles. The smallest absolute Gasteiger partial charge is 0.220 e. The number of piperidine rings is 1. The van der Waals surface area contributed by atoms with Crippen LogP contribution in [0.25, 0.3) is 0 Å². The van der Waals surface area contributed by atoms with E-state index in [1.807, 2.05) is 0 Å². The number of nitrogens with one attached hydrogen (secondary N) is 2. The molecule has 0 aromatic rings. The van der Waals surface area contributed by atoms with E-state index in [1.165, 1.54) is 0 Å². The van der Waals surface area contributed by atoms with Crippen LogP contribution in [0.5, 0.6) is 0 Å². The van der Waals surface area contributed by atoms with Gasteiger partial charge < -0.3 is 15.4 Å². The molecule has 1 aliphatic rings. The van der Waals surface area contributed by atoms with Gasteiger partial charge in [-0.05, 0) is 43.7 Å². The van der Waals surface area contributed by atoms with Crippen molar-refractivity contribution < 1.29 is 9.53 Å². The van der Waals surface area contributed by atoms with Gasteiger partial charge in [0.1, 0.15) is 0 Å². The Morgan fingerprint density at radius 3 is 2.67 bits per heavy atom. The molecule has 1 rings (SSSR count). The van der Waals surface area contributed by atoms with Crippen LogP contribution in [-0.2, 0) is 9.53 Å². The van der Waals surface area contributed by atoms with Gasteiger partial charge in [-0.15, -0.1) is 0 Å². The standard InChI is InChI=1S/C14H28N2O2/c1-14(2,6-9-18-3)11-16-13(17)10-12-4-7-15-8-5-12/h12,15H,4-11H2,1-3H3,(H,16,17). The van der Waals surface area contributed by atoms with Gasteiger partial charge in [-0.25, -0.2) is 0 Å². The summed E-state index contributed by atoms with van der Waals surface area (Å²) in [5.41, 5.74) is 0.111. The number of carbonyl (C=O) groups excluding carboxylic acids is 1. The molecule has 0 bridgehead atoms. The first-order valence-corrected chi connectivity index (χ1v) is 7.00. The van der Waals surface area contributed by atoms with Crippen molar-refractivity contribution >= 4 is 5.91 Å². The highest BCUT2D eigenvalue weighted by Gasteiger charge is 2.20. The lowest BCUT2D eigenvalue weighted by Crippen LogP contribution is -2.37. The number of ether oxygens (including phenoxy) is 1. The molecule has 0 aliphatic carbocycles. The zero-order valence-electron chi connectivity index (χ0n) is 12.1. The summed E-state index contributed by atoms with van der Waals surface area (Å²) in [6.07, 6.45) is 3.90. The molecular formula is C14H28N2O2. The van der Waals surface area contributed by atoms with Gasteiger partial charge in [-0.1, -0.05) is 13.8 Å². The number of rotatable bonds is 7. The number of hydrogen-bond acceptors (Lipinski definition) is 3. The predicted octanol–water partition coefficient (Wildman–Crippen LogP) is 1.55. The quantitative estimate of drug-likeness (QED) is 0.727. The summed E-state index contributed by atoms with van der Waals surface area (Å²) in [5.74, 6) is 0.765. The molecule has 0 aromatic carbocycles. The summed E-state index contributed by atoms with van der Waals surface area (Å²) in [6.45, 7) is 7.92. The van der Waals surface area contributed by atoms with Gasteiger partial charge in [0.15, 0.2) is 0 Å². The Morgan fingerprint density at radius 1 is 1.39 bits per heavy atom. The van der Waals surface area contributed by atoms with E-state index in [9.17, 15) is 4.79 Å². The maximum Gasteiger partial charge on any atom is 0.220 e. The molecule has 0 atom stereocenters. The summed E-state index contributed by atoms with van der Waals surface area (Å²) in [4.78, 5) is 11.9. The molecule has 0 radical (unpaired) electrons. The summed E-state index contributed by atoms with van der Waals surface area (Å²) in [7, 11) is 1.71. The molecule has 106 valence electrons. The van der Waals surface area contributed by atoms with E-state index in [0.29, 0.717) is 12.3 Å². The molecule has 2 N–H and O–H groups in total. The van der Waals surface area contributed by atoms with Gasteiger partial charge in [-0.3, -0.25) is 4.79 Å². The van der Waals surface area contributed by atoms with Crippen LogP contribution in [0.1, 0.15) is 39.5 Å². The van der Waals surface area contributed by atoms with E-state index in [0.717, 1.165) is 45.5 Å². The lowest BCUT2D eigenvalue weighted by atomic mass is 9.89. The van der Waals surface area contributed by atoms with Gasteiger partial charge in [0, 0.05) is 26.7 Å². The Balaban J connectivity index is 2.19. The average molecular weight is 256 g/mol. The van der Waals surface area contributed by atoms with Crippen LogP contribution in [0.15, 0.2) is 0 Å². The van der Waals surface area contributed by atoms with E-state index >= 15 is 0 Å². The molecule has 0 unspecified atom stereocenters.